The Morgan fingerprint density at radius 1 is 1.35 bits per heavy atom. The van der Waals surface area contributed by atoms with Crippen molar-refractivity contribution in [1.82, 2.24) is 4.90 Å². The summed E-state index contributed by atoms with van der Waals surface area (Å²) in [7, 11) is 0. The molecule has 0 bridgehead atoms. The summed E-state index contributed by atoms with van der Waals surface area (Å²) >= 11 is 0. The molecule has 2 saturated heterocycles. The lowest BCUT2D eigenvalue weighted by atomic mass is 9.88. The van der Waals surface area contributed by atoms with Gasteiger partial charge in [0.25, 0.3) is 0 Å². The van der Waals surface area contributed by atoms with Crippen molar-refractivity contribution in [1.29, 1.82) is 0 Å². The van der Waals surface area contributed by atoms with Gasteiger partial charge in [-0.25, -0.2) is 0 Å². The van der Waals surface area contributed by atoms with E-state index in [0.717, 1.165) is 19.5 Å². The van der Waals surface area contributed by atoms with E-state index in [9.17, 15) is 4.79 Å². The molecule has 17 heavy (non-hydrogen) atoms. The van der Waals surface area contributed by atoms with Gasteiger partial charge >= 0.3 is 0 Å². The number of nitrogens with two attached hydrogens (primary N) is 1. The van der Waals surface area contributed by atoms with E-state index >= 15 is 0 Å². The molecule has 0 saturated carbocycles. The summed E-state index contributed by atoms with van der Waals surface area (Å²) in [5.41, 5.74) is 5.66. The van der Waals surface area contributed by atoms with Crippen LogP contribution in [-0.2, 0) is 9.53 Å². The molecule has 5 unspecified atom stereocenters. The summed E-state index contributed by atoms with van der Waals surface area (Å²) in [5.74, 6) is 1.10. The predicted octanol–water partition coefficient (Wildman–Crippen LogP) is 0.853. The molecule has 0 spiro atoms. The lowest BCUT2D eigenvalue weighted by molar-refractivity contribution is -0.136. The highest BCUT2D eigenvalue weighted by Gasteiger charge is 2.44. The van der Waals surface area contributed by atoms with E-state index in [1.807, 2.05) is 11.8 Å². The van der Waals surface area contributed by atoms with E-state index in [2.05, 4.69) is 13.8 Å². The van der Waals surface area contributed by atoms with Crippen LogP contribution in [0.1, 0.15) is 27.2 Å². The summed E-state index contributed by atoms with van der Waals surface area (Å²) in [6.45, 7) is 8.57. The second-order valence-corrected chi connectivity index (χ2v) is 5.61. The van der Waals surface area contributed by atoms with Crippen LogP contribution in [0, 0.1) is 17.8 Å². The molecule has 0 radical (unpaired) electrons. The molecule has 5 atom stereocenters. The molecule has 1 amide bonds. The molecule has 4 heteroatoms. The molecule has 2 heterocycles. The van der Waals surface area contributed by atoms with Crippen LogP contribution < -0.4 is 5.73 Å². The highest BCUT2D eigenvalue weighted by Crippen LogP contribution is 2.34. The minimum atomic E-state index is 0.0292. The van der Waals surface area contributed by atoms with E-state index in [0.29, 0.717) is 18.4 Å². The first-order valence-electron chi connectivity index (χ1n) is 6.69. The van der Waals surface area contributed by atoms with Gasteiger partial charge in [-0.3, -0.25) is 4.79 Å². The quantitative estimate of drug-likeness (QED) is 0.778. The van der Waals surface area contributed by atoms with Crippen molar-refractivity contribution in [2.75, 3.05) is 19.6 Å². The normalized spacial score (nSPS) is 42.1. The molecular formula is C13H24N2O2. The number of likely N-dealkylation sites (tertiary alicyclic amines) is 1. The second kappa shape index (κ2) is 4.94. The van der Waals surface area contributed by atoms with Gasteiger partial charge in [0.15, 0.2) is 0 Å². The summed E-state index contributed by atoms with van der Waals surface area (Å²) < 4.78 is 5.75. The fourth-order valence-corrected chi connectivity index (χ4v) is 3.13. The largest absolute Gasteiger partial charge is 0.374 e. The molecule has 2 fully saturated rings. The number of ether oxygens (including phenoxy) is 1. The molecule has 2 N–H and O–H groups in total. The van der Waals surface area contributed by atoms with Crippen LogP contribution in [0.15, 0.2) is 0 Å². The zero-order valence-electron chi connectivity index (χ0n) is 11.1. The molecular weight excluding hydrogens is 216 g/mol. The lowest BCUT2D eigenvalue weighted by Crippen LogP contribution is -2.40. The maximum atomic E-state index is 12.5. The van der Waals surface area contributed by atoms with Gasteiger partial charge in [0.2, 0.25) is 5.91 Å². The third-order valence-electron chi connectivity index (χ3n) is 4.46. The van der Waals surface area contributed by atoms with E-state index in [-0.39, 0.29) is 24.0 Å². The third kappa shape index (κ3) is 2.33. The molecule has 2 aliphatic rings. The van der Waals surface area contributed by atoms with Crippen molar-refractivity contribution in [3.05, 3.63) is 0 Å². The number of carbonyl (C=O) groups is 1. The Balaban J connectivity index is 2.00. The Hall–Kier alpha value is -0.610. The van der Waals surface area contributed by atoms with Crippen LogP contribution in [-0.4, -0.2) is 42.6 Å². The SMILES string of the molecule is CC1OC(C)C(C(=O)N2CCC(CN)C2)C1C. The van der Waals surface area contributed by atoms with Gasteiger partial charge in [-0.2, -0.15) is 0 Å². The molecule has 98 valence electrons. The fourth-order valence-electron chi connectivity index (χ4n) is 3.13. The third-order valence-corrected chi connectivity index (χ3v) is 4.46. The molecule has 2 rings (SSSR count). The first-order chi connectivity index (χ1) is 8.04. The monoisotopic (exact) mass is 240 g/mol. The molecule has 0 aromatic rings. The van der Waals surface area contributed by atoms with Crippen LogP contribution in [0.2, 0.25) is 0 Å². The van der Waals surface area contributed by atoms with Crippen molar-refractivity contribution < 1.29 is 9.53 Å². The fraction of sp³-hybridized carbons (Fsp3) is 0.923. The second-order valence-electron chi connectivity index (χ2n) is 5.61. The Kier molecular flexibility index (Phi) is 3.73. The van der Waals surface area contributed by atoms with Crippen LogP contribution >= 0.6 is 0 Å². The average molecular weight is 240 g/mol. The summed E-state index contributed by atoms with van der Waals surface area (Å²) in [5, 5.41) is 0. The van der Waals surface area contributed by atoms with Crippen molar-refractivity contribution in [2.24, 2.45) is 23.5 Å². The topological polar surface area (TPSA) is 55.6 Å². The zero-order chi connectivity index (χ0) is 12.6. The van der Waals surface area contributed by atoms with Crippen LogP contribution in [0.3, 0.4) is 0 Å². The van der Waals surface area contributed by atoms with Gasteiger partial charge in [-0.05, 0) is 38.6 Å². The van der Waals surface area contributed by atoms with Gasteiger partial charge in [0.1, 0.15) is 0 Å². The summed E-state index contributed by atoms with van der Waals surface area (Å²) in [4.78, 5) is 14.5. The van der Waals surface area contributed by atoms with E-state index in [1.54, 1.807) is 0 Å². The van der Waals surface area contributed by atoms with Gasteiger partial charge in [-0.15, -0.1) is 0 Å². The Morgan fingerprint density at radius 3 is 2.53 bits per heavy atom. The number of hydrogen-bond donors (Lipinski definition) is 1. The van der Waals surface area contributed by atoms with Crippen molar-refractivity contribution in [3.63, 3.8) is 0 Å². The Bertz CT molecular complexity index is 295. The molecule has 2 aliphatic heterocycles. The summed E-state index contributed by atoms with van der Waals surface area (Å²) in [6, 6.07) is 0. The molecule has 0 aromatic heterocycles. The smallest absolute Gasteiger partial charge is 0.228 e. The van der Waals surface area contributed by atoms with Gasteiger partial charge in [0, 0.05) is 13.1 Å². The highest BCUT2D eigenvalue weighted by atomic mass is 16.5. The van der Waals surface area contributed by atoms with Crippen molar-refractivity contribution >= 4 is 5.91 Å². The van der Waals surface area contributed by atoms with Gasteiger partial charge in [0.05, 0.1) is 18.1 Å². The minimum Gasteiger partial charge on any atom is -0.374 e. The van der Waals surface area contributed by atoms with Crippen LogP contribution in [0.5, 0.6) is 0 Å². The molecule has 0 aliphatic carbocycles. The number of hydrogen-bond acceptors (Lipinski definition) is 3. The number of nitrogens with zero attached hydrogens (tertiary/aromatic N) is 1. The van der Waals surface area contributed by atoms with Crippen LogP contribution in [0.4, 0.5) is 0 Å². The molecule has 4 nitrogen and oxygen atoms in total. The van der Waals surface area contributed by atoms with Crippen molar-refractivity contribution in [2.45, 2.75) is 39.4 Å². The number of rotatable bonds is 2. The minimum absolute atomic E-state index is 0.0292. The highest BCUT2D eigenvalue weighted by molar-refractivity contribution is 5.80. The maximum Gasteiger partial charge on any atom is 0.228 e. The lowest BCUT2D eigenvalue weighted by Gasteiger charge is -2.24. The Morgan fingerprint density at radius 2 is 2.06 bits per heavy atom. The maximum absolute atomic E-state index is 12.5. The number of carbonyl (C=O) groups excluding carboxylic acids is 1. The zero-order valence-corrected chi connectivity index (χ0v) is 11.1. The number of amides is 1. The molecule has 0 aromatic carbocycles. The van der Waals surface area contributed by atoms with Gasteiger partial charge < -0.3 is 15.4 Å². The average Bonchev–Trinajstić information content (AvgIpc) is 2.85. The van der Waals surface area contributed by atoms with E-state index < -0.39 is 0 Å². The standard InChI is InChI=1S/C13H24N2O2/c1-8-9(2)17-10(3)12(8)13(16)15-5-4-11(6-14)7-15/h8-12H,4-7,14H2,1-3H3. The predicted molar refractivity (Wildman–Crippen MR) is 66.4 cm³/mol. The van der Waals surface area contributed by atoms with E-state index in [4.69, 9.17) is 10.5 Å². The van der Waals surface area contributed by atoms with Crippen molar-refractivity contribution in [3.8, 4) is 0 Å². The van der Waals surface area contributed by atoms with E-state index in [1.165, 1.54) is 0 Å². The Labute approximate surface area is 103 Å². The first-order valence-corrected chi connectivity index (χ1v) is 6.69. The van der Waals surface area contributed by atoms with Crippen LogP contribution in [0.25, 0.3) is 0 Å². The van der Waals surface area contributed by atoms with Gasteiger partial charge in [-0.1, -0.05) is 6.92 Å². The summed E-state index contributed by atoms with van der Waals surface area (Å²) in [6.07, 6.45) is 1.28. The first kappa shape index (κ1) is 12.8.